The number of aromatic nitrogens is 2. The van der Waals surface area contributed by atoms with Crippen molar-refractivity contribution in [2.24, 2.45) is 0 Å². The third-order valence-corrected chi connectivity index (χ3v) is 3.75. The van der Waals surface area contributed by atoms with E-state index in [4.69, 9.17) is 34.8 Å². The molecule has 2 aromatic carbocycles. The Balaban J connectivity index is 2.01. The Morgan fingerprint density at radius 1 is 0.800 bits per heavy atom. The van der Waals surface area contributed by atoms with E-state index in [1.54, 1.807) is 12.1 Å². The number of H-pyrrole nitrogens is 1. The lowest BCUT2D eigenvalue weighted by Crippen LogP contribution is -1.79. The van der Waals surface area contributed by atoms with Crippen LogP contribution in [0.1, 0.15) is 0 Å². The molecule has 5 heteroatoms. The number of halogens is 3. The summed E-state index contributed by atoms with van der Waals surface area (Å²) in [6.45, 7) is 0. The average Bonchev–Trinajstić information content (AvgIpc) is 2.92. The van der Waals surface area contributed by atoms with Gasteiger partial charge in [0.2, 0.25) is 0 Å². The summed E-state index contributed by atoms with van der Waals surface area (Å²) in [5.41, 5.74) is 3.46. The molecule has 0 aliphatic rings. The minimum absolute atomic E-state index is 0.626. The van der Waals surface area contributed by atoms with Crippen LogP contribution in [0.2, 0.25) is 15.1 Å². The first kappa shape index (κ1) is 13.5. The number of hydrogen-bond acceptors (Lipinski definition) is 1. The van der Waals surface area contributed by atoms with Gasteiger partial charge in [0.05, 0.1) is 16.4 Å². The molecular weight excluding hydrogens is 315 g/mol. The van der Waals surface area contributed by atoms with E-state index in [-0.39, 0.29) is 0 Å². The summed E-state index contributed by atoms with van der Waals surface area (Å²) in [6.07, 6.45) is 0. The molecular formula is C15H9Cl3N2. The molecule has 3 rings (SSSR count). The molecule has 1 heterocycles. The van der Waals surface area contributed by atoms with Gasteiger partial charge in [0, 0.05) is 21.2 Å². The summed E-state index contributed by atoms with van der Waals surface area (Å²) in [7, 11) is 0. The van der Waals surface area contributed by atoms with Gasteiger partial charge in [0.1, 0.15) is 0 Å². The van der Waals surface area contributed by atoms with Crippen LogP contribution in [0.5, 0.6) is 0 Å². The summed E-state index contributed by atoms with van der Waals surface area (Å²) in [6, 6.07) is 14.8. The number of nitrogens with one attached hydrogen (secondary N) is 1. The van der Waals surface area contributed by atoms with Gasteiger partial charge in [-0.1, -0.05) is 46.9 Å². The SMILES string of the molecule is Clc1ccc(-c2cc(-c3cc(Cl)ccc3Cl)[nH]n2)cc1. The first-order valence-electron chi connectivity index (χ1n) is 5.90. The normalized spacial score (nSPS) is 10.8. The summed E-state index contributed by atoms with van der Waals surface area (Å²) < 4.78 is 0. The number of rotatable bonds is 2. The third-order valence-electron chi connectivity index (χ3n) is 2.94. The molecule has 1 aromatic heterocycles. The van der Waals surface area contributed by atoms with Gasteiger partial charge in [-0.05, 0) is 36.4 Å². The second kappa shape index (κ2) is 5.49. The standard InChI is InChI=1S/C15H9Cl3N2/c16-10-3-1-9(2-4-10)14-8-15(20-19-14)12-7-11(17)5-6-13(12)18/h1-8H,(H,19,20). The maximum Gasteiger partial charge on any atom is 0.0927 e. The first-order valence-corrected chi connectivity index (χ1v) is 7.03. The van der Waals surface area contributed by atoms with Gasteiger partial charge in [-0.2, -0.15) is 5.10 Å². The Morgan fingerprint density at radius 3 is 2.25 bits per heavy atom. The zero-order chi connectivity index (χ0) is 14.1. The molecule has 0 amide bonds. The summed E-state index contributed by atoms with van der Waals surface area (Å²) in [5, 5.41) is 9.22. The molecule has 2 nitrogen and oxygen atoms in total. The minimum Gasteiger partial charge on any atom is -0.277 e. The van der Waals surface area contributed by atoms with Crippen molar-refractivity contribution in [1.82, 2.24) is 10.2 Å². The van der Waals surface area contributed by atoms with E-state index in [0.717, 1.165) is 22.5 Å². The zero-order valence-electron chi connectivity index (χ0n) is 10.2. The van der Waals surface area contributed by atoms with Gasteiger partial charge in [0.25, 0.3) is 0 Å². The predicted octanol–water partition coefficient (Wildman–Crippen LogP) is 5.70. The molecule has 100 valence electrons. The van der Waals surface area contributed by atoms with E-state index in [1.165, 1.54) is 0 Å². The van der Waals surface area contributed by atoms with Crippen LogP contribution in [0.4, 0.5) is 0 Å². The molecule has 0 atom stereocenters. The summed E-state index contributed by atoms with van der Waals surface area (Å²) in [4.78, 5) is 0. The fourth-order valence-electron chi connectivity index (χ4n) is 1.93. The topological polar surface area (TPSA) is 28.7 Å². The number of hydrogen-bond donors (Lipinski definition) is 1. The van der Waals surface area contributed by atoms with Gasteiger partial charge >= 0.3 is 0 Å². The highest BCUT2D eigenvalue weighted by Crippen LogP contribution is 2.31. The van der Waals surface area contributed by atoms with Crippen molar-refractivity contribution in [3.8, 4) is 22.5 Å². The van der Waals surface area contributed by atoms with Crippen LogP contribution in [0.25, 0.3) is 22.5 Å². The molecule has 0 saturated carbocycles. The Labute approximate surface area is 131 Å². The van der Waals surface area contributed by atoms with E-state index in [0.29, 0.717) is 15.1 Å². The first-order chi connectivity index (χ1) is 9.63. The maximum absolute atomic E-state index is 6.18. The van der Waals surface area contributed by atoms with E-state index < -0.39 is 0 Å². The van der Waals surface area contributed by atoms with Crippen molar-refractivity contribution in [2.75, 3.05) is 0 Å². The molecule has 0 fully saturated rings. The van der Waals surface area contributed by atoms with E-state index in [9.17, 15) is 0 Å². The number of benzene rings is 2. The van der Waals surface area contributed by atoms with Crippen LogP contribution >= 0.6 is 34.8 Å². The van der Waals surface area contributed by atoms with E-state index in [1.807, 2.05) is 36.4 Å². The molecule has 20 heavy (non-hydrogen) atoms. The lowest BCUT2D eigenvalue weighted by Gasteiger charge is -2.01. The highest BCUT2D eigenvalue weighted by molar-refractivity contribution is 6.35. The Hall–Kier alpha value is -1.48. The van der Waals surface area contributed by atoms with E-state index in [2.05, 4.69) is 10.2 Å². The second-order valence-corrected chi connectivity index (χ2v) is 5.58. The van der Waals surface area contributed by atoms with Crippen LogP contribution in [0.15, 0.2) is 48.5 Å². The number of nitrogens with zero attached hydrogens (tertiary/aromatic N) is 1. The molecule has 0 aliphatic heterocycles. The van der Waals surface area contributed by atoms with Crippen LogP contribution in [0.3, 0.4) is 0 Å². The maximum atomic E-state index is 6.18. The molecule has 0 aliphatic carbocycles. The zero-order valence-corrected chi connectivity index (χ0v) is 12.5. The van der Waals surface area contributed by atoms with Gasteiger partial charge in [-0.15, -0.1) is 0 Å². The predicted molar refractivity (Wildman–Crippen MR) is 84.5 cm³/mol. The van der Waals surface area contributed by atoms with Crippen LogP contribution in [-0.2, 0) is 0 Å². The summed E-state index contributed by atoms with van der Waals surface area (Å²) >= 11 is 18.1. The van der Waals surface area contributed by atoms with Crippen molar-refractivity contribution in [2.45, 2.75) is 0 Å². The second-order valence-electron chi connectivity index (χ2n) is 4.30. The highest BCUT2D eigenvalue weighted by atomic mass is 35.5. The fraction of sp³-hybridized carbons (Fsp3) is 0. The minimum atomic E-state index is 0.626. The Kier molecular flexibility index (Phi) is 3.70. The largest absolute Gasteiger partial charge is 0.277 e. The van der Waals surface area contributed by atoms with Gasteiger partial charge < -0.3 is 0 Å². The van der Waals surface area contributed by atoms with Crippen LogP contribution in [-0.4, -0.2) is 10.2 Å². The molecule has 0 saturated heterocycles. The molecule has 0 bridgehead atoms. The lowest BCUT2D eigenvalue weighted by molar-refractivity contribution is 1.10. The van der Waals surface area contributed by atoms with Gasteiger partial charge in [-0.25, -0.2) is 0 Å². The van der Waals surface area contributed by atoms with E-state index >= 15 is 0 Å². The molecule has 3 aromatic rings. The molecule has 0 unspecified atom stereocenters. The van der Waals surface area contributed by atoms with Gasteiger partial charge in [-0.3, -0.25) is 5.10 Å². The third kappa shape index (κ3) is 2.68. The van der Waals surface area contributed by atoms with Crippen molar-refractivity contribution in [3.05, 3.63) is 63.6 Å². The van der Waals surface area contributed by atoms with Gasteiger partial charge in [0.15, 0.2) is 0 Å². The lowest BCUT2D eigenvalue weighted by atomic mass is 10.1. The van der Waals surface area contributed by atoms with Crippen LogP contribution in [0, 0.1) is 0 Å². The quantitative estimate of drug-likeness (QED) is 0.643. The molecule has 0 radical (unpaired) electrons. The molecule has 0 spiro atoms. The summed E-state index contributed by atoms with van der Waals surface area (Å²) in [5.74, 6) is 0. The monoisotopic (exact) mass is 322 g/mol. The van der Waals surface area contributed by atoms with Crippen molar-refractivity contribution in [1.29, 1.82) is 0 Å². The fourth-order valence-corrected chi connectivity index (χ4v) is 2.45. The van der Waals surface area contributed by atoms with Crippen LogP contribution < -0.4 is 0 Å². The smallest absolute Gasteiger partial charge is 0.0927 e. The van der Waals surface area contributed by atoms with Crippen molar-refractivity contribution >= 4 is 34.8 Å². The Bertz CT molecular complexity index is 748. The molecule has 1 N–H and O–H groups in total. The number of aromatic amines is 1. The van der Waals surface area contributed by atoms with Crippen molar-refractivity contribution in [3.63, 3.8) is 0 Å². The highest BCUT2D eigenvalue weighted by Gasteiger charge is 2.09. The van der Waals surface area contributed by atoms with Crippen molar-refractivity contribution < 1.29 is 0 Å². The Morgan fingerprint density at radius 2 is 1.50 bits per heavy atom. The average molecular weight is 324 g/mol.